The Kier molecular flexibility index (Phi) is 5.59. The molecule has 1 aromatic carbocycles. The Morgan fingerprint density at radius 3 is 2.90 bits per heavy atom. The van der Waals surface area contributed by atoms with Crippen LogP contribution in [0, 0.1) is 5.92 Å². The zero-order valence-corrected chi connectivity index (χ0v) is 13.5. The fourth-order valence-electron chi connectivity index (χ4n) is 2.28. The number of nitrogens with zero attached hydrogens (tertiary/aromatic N) is 3. The Morgan fingerprint density at radius 2 is 2.20 bits per heavy atom. The highest BCUT2D eigenvalue weighted by molar-refractivity contribution is 9.09. The van der Waals surface area contributed by atoms with Crippen LogP contribution in [0.25, 0.3) is 0 Å². The lowest BCUT2D eigenvalue weighted by molar-refractivity contribution is 0.413. The van der Waals surface area contributed by atoms with Gasteiger partial charge in [0.25, 0.3) is 0 Å². The van der Waals surface area contributed by atoms with E-state index in [9.17, 15) is 0 Å². The lowest BCUT2D eigenvalue weighted by Gasteiger charge is -2.14. The summed E-state index contributed by atoms with van der Waals surface area (Å²) in [5.41, 5.74) is 1.29. The minimum absolute atomic E-state index is 0.497. The largest absolute Gasteiger partial charge is 0.497 e. The monoisotopic (exact) mass is 337 g/mol. The van der Waals surface area contributed by atoms with Crippen LogP contribution in [0.3, 0.4) is 0 Å². The summed E-state index contributed by atoms with van der Waals surface area (Å²) in [4.78, 5) is 4.36. The van der Waals surface area contributed by atoms with Gasteiger partial charge in [-0.1, -0.05) is 28.1 Å². The first-order valence-corrected chi connectivity index (χ1v) is 7.94. The van der Waals surface area contributed by atoms with Crippen molar-refractivity contribution in [2.75, 3.05) is 12.4 Å². The first-order valence-electron chi connectivity index (χ1n) is 6.82. The molecule has 0 saturated heterocycles. The maximum atomic E-state index is 5.27. The van der Waals surface area contributed by atoms with E-state index in [1.54, 1.807) is 13.4 Å². The molecule has 0 N–H and O–H groups in total. The summed E-state index contributed by atoms with van der Waals surface area (Å²) in [5.74, 6) is 2.46. The summed E-state index contributed by atoms with van der Waals surface area (Å²) in [6.07, 6.45) is 3.56. The van der Waals surface area contributed by atoms with Gasteiger partial charge in [0.1, 0.15) is 17.9 Å². The molecule has 1 unspecified atom stereocenters. The number of rotatable bonds is 7. The Bertz CT molecular complexity index is 541. The number of benzene rings is 1. The van der Waals surface area contributed by atoms with E-state index in [0.717, 1.165) is 36.3 Å². The molecule has 0 amide bonds. The zero-order valence-electron chi connectivity index (χ0n) is 11.9. The summed E-state index contributed by atoms with van der Waals surface area (Å²) >= 11 is 3.61. The van der Waals surface area contributed by atoms with Crippen molar-refractivity contribution in [2.45, 2.75) is 26.3 Å². The van der Waals surface area contributed by atoms with Gasteiger partial charge in [0.05, 0.1) is 7.11 Å². The fourth-order valence-corrected chi connectivity index (χ4v) is 2.74. The quantitative estimate of drug-likeness (QED) is 0.729. The van der Waals surface area contributed by atoms with Crippen LogP contribution in [0.5, 0.6) is 5.75 Å². The molecule has 108 valence electrons. The predicted molar refractivity (Wildman–Crippen MR) is 83.4 cm³/mol. The number of ether oxygens (including phenoxy) is 1. The van der Waals surface area contributed by atoms with E-state index in [1.807, 2.05) is 16.8 Å². The van der Waals surface area contributed by atoms with Crippen LogP contribution < -0.4 is 4.74 Å². The van der Waals surface area contributed by atoms with Gasteiger partial charge in [0.15, 0.2) is 0 Å². The highest BCUT2D eigenvalue weighted by Crippen LogP contribution is 2.19. The number of aromatic nitrogens is 3. The molecule has 0 aliphatic rings. The highest BCUT2D eigenvalue weighted by atomic mass is 79.9. The van der Waals surface area contributed by atoms with Crippen LogP contribution in [0.1, 0.15) is 18.3 Å². The summed E-state index contributed by atoms with van der Waals surface area (Å²) < 4.78 is 7.23. The van der Waals surface area contributed by atoms with Crippen molar-refractivity contribution in [3.8, 4) is 5.75 Å². The first-order chi connectivity index (χ1) is 9.76. The molecule has 1 heterocycles. The number of halogens is 1. The topological polar surface area (TPSA) is 39.9 Å². The number of aryl methyl sites for hydroxylation is 1. The van der Waals surface area contributed by atoms with Crippen LogP contribution in [0.15, 0.2) is 30.6 Å². The molecule has 5 heteroatoms. The van der Waals surface area contributed by atoms with E-state index in [-0.39, 0.29) is 0 Å². The van der Waals surface area contributed by atoms with Crippen molar-refractivity contribution < 1.29 is 4.74 Å². The summed E-state index contributed by atoms with van der Waals surface area (Å²) in [5, 5.41) is 5.17. The molecule has 0 bridgehead atoms. The number of alkyl halides is 1. The molecule has 0 fully saturated rings. The van der Waals surface area contributed by atoms with E-state index in [2.05, 4.69) is 45.1 Å². The Hall–Kier alpha value is -1.36. The smallest absolute Gasteiger partial charge is 0.138 e. The van der Waals surface area contributed by atoms with Crippen molar-refractivity contribution in [3.05, 3.63) is 42.0 Å². The van der Waals surface area contributed by atoms with Crippen LogP contribution in [0.2, 0.25) is 0 Å². The second-order valence-electron chi connectivity index (χ2n) is 4.77. The van der Waals surface area contributed by atoms with E-state index in [1.165, 1.54) is 5.56 Å². The van der Waals surface area contributed by atoms with Crippen molar-refractivity contribution in [2.24, 2.45) is 5.92 Å². The van der Waals surface area contributed by atoms with Crippen LogP contribution in [-0.2, 0) is 19.4 Å². The van der Waals surface area contributed by atoms with Gasteiger partial charge in [0.2, 0.25) is 0 Å². The average molecular weight is 338 g/mol. The highest BCUT2D eigenvalue weighted by Gasteiger charge is 2.13. The molecule has 2 rings (SSSR count). The third-order valence-corrected chi connectivity index (χ3v) is 4.26. The second kappa shape index (κ2) is 7.43. The fraction of sp³-hybridized carbons (Fsp3) is 0.467. The van der Waals surface area contributed by atoms with Gasteiger partial charge in [-0.05, 0) is 37.0 Å². The van der Waals surface area contributed by atoms with Crippen molar-refractivity contribution in [1.29, 1.82) is 0 Å². The molecule has 0 spiro atoms. The maximum Gasteiger partial charge on any atom is 0.138 e. The lowest BCUT2D eigenvalue weighted by atomic mass is 9.97. The molecule has 0 aliphatic carbocycles. The molecular weight excluding hydrogens is 318 g/mol. The average Bonchev–Trinajstić information content (AvgIpc) is 2.94. The zero-order chi connectivity index (χ0) is 14.4. The second-order valence-corrected chi connectivity index (χ2v) is 5.42. The van der Waals surface area contributed by atoms with Crippen LogP contribution in [-0.4, -0.2) is 27.2 Å². The van der Waals surface area contributed by atoms with Crippen LogP contribution >= 0.6 is 15.9 Å². The van der Waals surface area contributed by atoms with Gasteiger partial charge in [-0.25, -0.2) is 4.98 Å². The third kappa shape index (κ3) is 3.82. The molecular formula is C15H20BrN3O. The number of methoxy groups -OCH3 is 1. The van der Waals surface area contributed by atoms with Crippen LogP contribution in [0.4, 0.5) is 0 Å². The van der Waals surface area contributed by atoms with Crippen molar-refractivity contribution >= 4 is 15.9 Å². The Labute approximate surface area is 128 Å². The van der Waals surface area contributed by atoms with E-state index in [4.69, 9.17) is 4.74 Å². The van der Waals surface area contributed by atoms with Gasteiger partial charge in [-0.2, -0.15) is 5.10 Å². The molecule has 1 aromatic heterocycles. The minimum atomic E-state index is 0.497. The standard InChI is InChI=1S/C15H20BrN3O/c1-3-19-15(17-11-18-19)9-13(10-16)7-12-5-4-6-14(8-12)20-2/h4-6,8,11,13H,3,7,9-10H2,1-2H3. The van der Waals surface area contributed by atoms with E-state index in [0.29, 0.717) is 5.92 Å². The molecule has 1 atom stereocenters. The summed E-state index contributed by atoms with van der Waals surface area (Å²) in [6, 6.07) is 8.25. The molecule has 20 heavy (non-hydrogen) atoms. The molecule has 0 aliphatic heterocycles. The summed E-state index contributed by atoms with van der Waals surface area (Å²) in [6.45, 7) is 2.95. The first kappa shape index (κ1) is 15.0. The van der Waals surface area contributed by atoms with Gasteiger partial charge < -0.3 is 4.74 Å². The van der Waals surface area contributed by atoms with Gasteiger partial charge in [-0.3, -0.25) is 4.68 Å². The minimum Gasteiger partial charge on any atom is -0.497 e. The van der Waals surface area contributed by atoms with Crippen molar-refractivity contribution in [1.82, 2.24) is 14.8 Å². The maximum absolute atomic E-state index is 5.27. The van der Waals surface area contributed by atoms with E-state index < -0.39 is 0 Å². The molecule has 2 aromatic rings. The molecule has 4 nitrogen and oxygen atoms in total. The number of hydrogen-bond acceptors (Lipinski definition) is 3. The van der Waals surface area contributed by atoms with Crippen molar-refractivity contribution in [3.63, 3.8) is 0 Å². The normalized spacial score (nSPS) is 12.3. The third-order valence-electron chi connectivity index (χ3n) is 3.34. The molecule has 0 radical (unpaired) electrons. The predicted octanol–water partition coefficient (Wildman–Crippen LogP) is 3.10. The summed E-state index contributed by atoms with van der Waals surface area (Å²) in [7, 11) is 1.70. The van der Waals surface area contributed by atoms with Gasteiger partial charge in [-0.15, -0.1) is 0 Å². The Morgan fingerprint density at radius 1 is 1.35 bits per heavy atom. The molecule has 0 saturated carbocycles. The van der Waals surface area contributed by atoms with E-state index >= 15 is 0 Å². The SMILES string of the molecule is CCn1ncnc1CC(CBr)Cc1cccc(OC)c1. The Balaban J connectivity index is 2.05. The van der Waals surface area contributed by atoms with Gasteiger partial charge >= 0.3 is 0 Å². The lowest BCUT2D eigenvalue weighted by Crippen LogP contribution is -2.14. The number of hydrogen-bond donors (Lipinski definition) is 0. The van der Waals surface area contributed by atoms with Gasteiger partial charge in [0, 0.05) is 18.3 Å².